The Morgan fingerprint density at radius 2 is 2.18 bits per heavy atom. The van der Waals surface area contributed by atoms with E-state index in [9.17, 15) is 4.39 Å². The van der Waals surface area contributed by atoms with Crippen LogP contribution >= 0.6 is 0 Å². The summed E-state index contributed by atoms with van der Waals surface area (Å²) >= 11 is 0. The Bertz CT molecular complexity index is 420. The number of benzene rings is 1. The van der Waals surface area contributed by atoms with Gasteiger partial charge in [0.2, 0.25) is 0 Å². The molecule has 0 fully saturated rings. The Balaban J connectivity index is 2.16. The van der Waals surface area contributed by atoms with Gasteiger partial charge in [-0.05, 0) is 42.9 Å². The molecule has 0 heterocycles. The van der Waals surface area contributed by atoms with E-state index in [1.165, 1.54) is 18.2 Å². The van der Waals surface area contributed by atoms with Gasteiger partial charge in [0.05, 0.1) is 0 Å². The summed E-state index contributed by atoms with van der Waals surface area (Å²) in [6, 6.07) is 3.82. The number of hydrogen-bond donors (Lipinski definition) is 2. The summed E-state index contributed by atoms with van der Waals surface area (Å²) in [5.74, 6) is -0.430. The Morgan fingerprint density at radius 3 is 2.82 bits per heavy atom. The number of allylic oxidation sites excluding steroid dienone is 1. The first-order chi connectivity index (χ1) is 8.16. The first-order valence-corrected chi connectivity index (χ1v) is 5.66. The van der Waals surface area contributed by atoms with Crippen LogP contribution in [-0.4, -0.2) is 23.3 Å². The van der Waals surface area contributed by atoms with Crippen LogP contribution in [0.1, 0.15) is 19.3 Å². The molecule has 2 N–H and O–H groups in total. The highest BCUT2D eigenvalue weighted by atomic mass is 19.1. The molecule has 0 aromatic heterocycles. The van der Waals surface area contributed by atoms with E-state index in [0.29, 0.717) is 0 Å². The van der Waals surface area contributed by atoms with Gasteiger partial charge in [0.15, 0.2) is 11.6 Å². The predicted octanol–water partition coefficient (Wildman–Crippen LogP) is 0.993. The SMILES string of the molecule is OB(O)c1ccc(F)c(OC2C=CCCC2)c1. The van der Waals surface area contributed by atoms with Gasteiger partial charge >= 0.3 is 7.12 Å². The topological polar surface area (TPSA) is 49.7 Å². The van der Waals surface area contributed by atoms with Crippen molar-refractivity contribution in [2.75, 3.05) is 0 Å². The van der Waals surface area contributed by atoms with E-state index in [4.69, 9.17) is 14.8 Å². The summed E-state index contributed by atoms with van der Waals surface area (Å²) in [6.45, 7) is 0. The normalized spacial score (nSPS) is 19.1. The van der Waals surface area contributed by atoms with Crippen LogP contribution in [-0.2, 0) is 0 Å². The van der Waals surface area contributed by atoms with Gasteiger partial charge in [0.1, 0.15) is 6.10 Å². The summed E-state index contributed by atoms with van der Waals surface area (Å²) in [7, 11) is -1.61. The number of halogens is 1. The van der Waals surface area contributed by atoms with E-state index >= 15 is 0 Å². The lowest BCUT2D eigenvalue weighted by Gasteiger charge is -2.19. The van der Waals surface area contributed by atoms with Gasteiger partial charge in [-0.1, -0.05) is 12.1 Å². The third-order valence-electron chi connectivity index (χ3n) is 2.74. The zero-order chi connectivity index (χ0) is 12.3. The van der Waals surface area contributed by atoms with Crippen LogP contribution in [0.5, 0.6) is 5.75 Å². The fraction of sp³-hybridized carbons (Fsp3) is 0.333. The van der Waals surface area contributed by atoms with Crippen molar-refractivity contribution in [2.45, 2.75) is 25.4 Å². The van der Waals surface area contributed by atoms with E-state index in [0.717, 1.165) is 19.3 Å². The fourth-order valence-corrected chi connectivity index (χ4v) is 1.81. The molecule has 0 radical (unpaired) electrons. The molecule has 0 saturated heterocycles. The van der Waals surface area contributed by atoms with E-state index in [1.807, 2.05) is 12.2 Å². The molecule has 17 heavy (non-hydrogen) atoms. The molecule has 0 spiro atoms. The predicted molar refractivity (Wildman–Crippen MR) is 63.6 cm³/mol. The fourth-order valence-electron chi connectivity index (χ4n) is 1.81. The zero-order valence-electron chi connectivity index (χ0n) is 9.34. The molecule has 3 nitrogen and oxygen atoms in total. The van der Waals surface area contributed by atoms with Gasteiger partial charge < -0.3 is 14.8 Å². The van der Waals surface area contributed by atoms with Crippen LogP contribution in [0.4, 0.5) is 4.39 Å². The lowest BCUT2D eigenvalue weighted by Crippen LogP contribution is -2.30. The van der Waals surface area contributed by atoms with Crippen molar-refractivity contribution in [1.29, 1.82) is 0 Å². The molecule has 1 atom stereocenters. The van der Waals surface area contributed by atoms with Gasteiger partial charge in [0, 0.05) is 0 Å². The summed E-state index contributed by atoms with van der Waals surface area (Å²) < 4.78 is 19.0. The molecule has 0 bridgehead atoms. The van der Waals surface area contributed by atoms with E-state index in [-0.39, 0.29) is 17.3 Å². The van der Waals surface area contributed by atoms with E-state index < -0.39 is 12.9 Å². The molecule has 1 aliphatic carbocycles. The number of ether oxygens (including phenoxy) is 1. The minimum Gasteiger partial charge on any atom is -0.483 e. The first-order valence-electron chi connectivity index (χ1n) is 5.66. The minimum absolute atomic E-state index is 0.0622. The van der Waals surface area contributed by atoms with Crippen LogP contribution in [0, 0.1) is 5.82 Å². The second kappa shape index (κ2) is 5.34. The standard InChI is InChI=1S/C12H14BFO3/c14-11-7-6-9(13(15)16)8-12(11)17-10-4-2-1-3-5-10/h2,4,6-8,10,15-16H,1,3,5H2. The molecular formula is C12H14BFO3. The molecule has 1 aromatic carbocycles. The summed E-state index contributed by atoms with van der Waals surface area (Å²) in [5, 5.41) is 18.0. The van der Waals surface area contributed by atoms with Crippen LogP contribution in [0.15, 0.2) is 30.4 Å². The molecule has 1 unspecified atom stereocenters. The molecule has 1 aliphatic rings. The molecule has 0 saturated carbocycles. The van der Waals surface area contributed by atoms with Crippen molar-refractivity contribution in [3.8, 4) is 5.75 Å². The van der Waals surface area contributed by atoms with Crippen molar-refractivity contribution >= 4 is 12.6 Å². The quantitative estimate of drug-likeness (QED) is 0.607. The Kier molecular flexibility index (Phi) is 3.81. The van der Waals surface area contributed by atoms with Crippen LogP contribution < -0.4 is 10.2 Å². The Morgan fingerprint density at radius 1 is 1.35 bits per heavy atom. The number of rotatable bonds is 3. The Hall–Kier alpha value is -1.33. The smallest absolute Gasteiger partial charge is 0.483 e. The van der Waals surface area contributed by atoms with Crippen molar-refractivity contribution < 1.29 is 19.2 Å². The van der Waals surface area contributed by atoms with Crippen LogP contribution in [0.25, 0.3) is 0 Å². The van der Waals surface area contributed by atoms with Gasteiger partial charge in [-0.2, -0.15) is 0 Å². The maximum Gasteiger partial charge on any atom is 0.488 e. The monoisotopic (exact) mass is 236 g/mol. The van der Waals surface area contributed by atoms with E-state index in [1.54, 1.807) is 0 Å². The lowest BCUT2D eigenvalue weighted by molar-refractivity contribution is 0.220. The van der Waals surface area contributed by atoms with Crippen molar-refractivity contribution in [3.63, 3.8) is 0 Å². The average Bonchev–Trinajstić information content (AvgIpc) is 2.33. The van der Waals surface area contributed by atoms with Gasteiger partial charge in [-0.25, -0.2) is 4.39 Å². The van der Waals surface area contributed by atoms with Crippen molar-refractivity contribution in [3.05, 3.63) is 36.2 Å². The Labute approximate surface area is 99.7 Å². The first kappa shape index (κ1) is 12.1. The molecule has 1 aromatic rings. The van der Waals surface area contributed by atoms with Gasteiger partial charge in [-0.3, -0.25) is 0 Å². The summed E-state index contributed by atoms with van der Waals surface area (Å²) in [6.07, 6.45) is 6.68. The second-order valence-corrected chi connectivity index (χ2v) is 4.08. The van der Waals surface area contributed by atoms with Gasteiger partial charge in [0.25, 0.3) is 0 Å². The minimum atomic E-state index is -1.61. The maximum absolute atomic E-state index is 13.5. The lowest BCUT2D eigenvalue weighted by atomic mass is 9.80. The second-order valence-electron chi connectivity index (χ2n) is 4.08. The molecule has 5 heteroatoms. The third-order valence-corrected chi connectivity index (χ3v) is 2.74. The largest absolute Gasteiger partial charge is 0.488 e. The molecule has 0 aliphatic heterocycles. The molecule has 2 rings (SSSR count). The van der Waals surface area contributed by atoms with E-state index in [2.05, 4.69) is 0 Å². The van der Waals surface area contributed by atoms with Gasteiger partial charge in [-0.15, -0.1) is 0 Å². The highest BCUT2D eigenvalue weighted by molar-refractivity contribution is 6.58. The molecular weight excluding hydrogens is 222 g/mol. The zero-order valence-corrected chi connectivity index (χ0v) is 9.34. The summed E-state index contributed by atoms with van der Waals surface area (Å²) in [4.78, 5) is 0. The maximum atomic E-state index is 13.5. The van der Waals surface area contributed by atoms with Crippen LogP contribution in [0.3, 0.4) is 0 Å². The van der Waals surface area contributed by atoms with Crippen molar-refractivity contribution in [2.24, 2.45) is 0 Å². The average molecular weight is 236 g/mol. The van der Waals surface area contributed by atoms with Crippen LogP contribution in [0.2, 0.25) is 0 Å². The highest BCUT2D eigenvalue weighted by Gasteiger charge is 2.17. The van der Waals surface area contributed by atoms with Crippen molar-refractivity contribution in [1.82, 2.24) is 0 Å². The number of hydrogen-bond acceptors (Lipinski definition) is 3. The molecule has 0 amide bonds. The highest BCUT2D eigenvalue weighted by Crippen LogP contribution is 2.21. The molecule has 90 valence electrons. The third kappa shape index (κ3) is 3.08. The summed E-state index contributed by atoms with van der Waals surface area (Å²) in [5.41, 5.74) is 0.223.